The van der Waals surface area contributed by atoms with Crippen LogP contribution < -0.4 is 5.43 Å². The van der Waals surface area contributed by atoms with Crippen LogP contribution in [-0.4, -0.2) is 32.7 Å². The van der Waals surface area contributed by atoms with E-state index in [1.54, 1.807) is 37.9 Å². The second-order valence-corrected chi connectivity index (χ2v) is 5.51. The molecule has 0 saturated carbocycles. The largest absolute Gasteiger partial charge is 0.461 e. The molecule has 21 heavy (non-hydrogen) atoms. The predicted molar refractivity (Wildman–Crippen MR) is 84.7 cm³/mol. The zero-order valence-electron chi connectivity index (χ0n) is 11.9. The summed E-state index contributed by atoms with van der Waals surface area (Å²) in [5, 5.41) is 0. The van der Waals surface area contributed by atoms with Gasteiger partial charge in [-0.1, -0.05) is 0 Å². The molecule has 0 radical (unpaired) electrons. The van der Waals surface area contributed by atoms with Crippen molar-refractivity contribution in [1.82, 2.24) is 14.2 Å². The number of carbonyl (C=O) groups excluding carboxylic acids is 2. The topological polar surface area (TPSA) is 78.2 Å². The highest BCUT2D eigenvalue weighted by atomic mass is 127. The van der Waals surface area contributed by atoms with Crippen molar-refractivity contribution in [3.8, 4) is 0 Å². The Morgan fingerprint density at radius 3 is 2.76 bits per heavy atom. The van der Waals surface area contributed by atoms with Crippen molar-refractivity contribution in [2.75, 3.05) is 12.0 Å². The van der Waals surface area contributed by atoms with E-state index in [2.05, 4.69) is 33.0 Å². The van der Waals surface area contributed by atoms with Crippen molar-refractivity contribution < 1.29 is 14.3 Å². The average molecular weight is 402 g/mol. The van der Waals surface area contributed by atoms with Crippen LogP contribution in [0.3, 0.4) is 0 Å². The van der Waals surface area contributed by atoms with Crippen LogP contribution in [0.4, 0.5) is 0 Å². The lowest BCUT2D eigenvalue weighted by molar-refractivity contribution is 0.0515. The highest BCUT2D eigenvalue weighted by Gasteiger charge is 2.21. The average Bonchev–Trinajstić information content (AvgIpc) is 2.95. The highest BCUT2D eigenvalue weighted by Crippen LogP contribution is 2.19. The monoisotopic (exact) mass is 402 g/mol. The van der Waals surface area contributed by atoms with E-state index in [9.17, 15) is 9.59 Å². The molecule has 0 aromatic carbocycles. The van der Waals surface area contributed by atoms with Crippen LogP contribution in [0.15, 0.2) is 18.6 Å². The normalized spacial score (nSPS) is 10.5. The molecule has 0 aliphatic rings. The number of imidazole rings is 1. The van der Waals surface area contributed by atoms with Gasteiger partial charge in [-0.3, -0.25) is 14.9 Å². The molecule has 2 heterocycles. The Labute approximate surface area is 135 Å². The van der Waals surface area contributed by atoms with E-state index < -0.39 is 11.9 Å². The van der Waals surface area contributed by atoms with Crippen LogP contribution in [0.2, 0.25) is 0 Å². The van der Waals surface area contributed by atoms with Crippen molar-refractivity contribution in [1.29, 1.82) is 0 Å². The van der Waals surface area contributed by atoms with Crippen molar-refractivity contribution >= 4 is 34.5 Å². The Morgan fingerprint density at radius 1 is 1.48 bits per heavy atom. The van der Waals surface area contributed by atoms with Crippen LogP contribution >= 0.6 is 22.6 Å². The van der Waals surface area contributed by atoms with E-state index in [0.717, 1.165) is 9.13 Å². The van der Waals surface area contributed by atoms with E-state index in [4.69, 9.17) is 4.74 Å². The molecule has 0 aliphatic carbocycles. The van der Waals surface area contributed by atoms with E-state index in [1.165, 1.54) is 10.9 Å². The maximum Gasteiger partial charge on any atom is 0.357 e. The third-order valence-electron chi connectivity index (χ3n) is 2.91. The summed E-state index contributed by atoms with van der Waals surface area (Å²) in [5.74, 6) is -0.622. The molecule has 2 rings (SSSR count). The van der Waals surface area contributed by atoms with Gasteiger partial charge in [-0.05, 0) is 42.0 Å². The number of nitrogens with one attached hydrogen (secondary N) is 1. The van der Waals surface area contributed by atoms with Gasteiger partial charge >= 0.3 is 11.9 Å². The number of aryl methyl sites for hydroxylation is 1. The number of nitrogens with zero attached hydrogens (tertiary/aromatic N) is 3. The summed E-state index contributed by atoms with van der Waals surface area (Å²) in [6, 6.07) is 0. The van der Waals surface area contributed by atoms with Crippen molar-refractivity contribution in [3.05, 3.63) is 39.2 Å². The molecule has 0 fully saturated rings. The van der Waals surface area contributed by atoms with Gasteiger partial charge in [-0.15, -0.1) is 0 Å². The third kappa shape index (κ3) is 3.09. The Hall–Kier alpha value is -1.84. The molecule has 0 aliphatic heterocycles. The fourth-order valence-corrected chi connectivity index (χ4v) is 2.39. The van der Waals surface area contributed by atoms with Crippen LogP contribution in [0.25, 0.3) is 0 Å². The number of amides is 1. The first kappa shape index (κ1) is 15.5. The number of halogens is 1. The second kappa shape index (κ2) is 6.29. The van der Waals surface area contributed by atoms with E-state index in [0.29, 0.717) is 5.69 Å². The van der Waals surface area contributed by atoms with Gasteiger partial charge in [0.15, 0.2) is 11.5 Å². The van der Waals surface area contributed by atoms with Gasteiger partial charge in [0, 0.05) is 29.2 Å². The van der Waals surface area contributed by atoms with Crippen LogP contribution in [0.1, 0.15) is 33.6 Å². The van der Waals surface area contributed by atoms with Gasteiger partial charge in [0.2, 0.25) is 0 Å². The fourth-order valence-electron chi connectivity index (χ4n) is 1.85. The lowest BCUT2D eigenvalue weighted by Crippen LogP contribution is -2.28. The number of rotatable bonds is 4. The van der Waals surface area contributed by atoms with E-state index in [-0.39, 0.29) is 12.4 Å². The summed E-state index contributed by atoms with van der Waals surface area (Å²) in [6.07, 6.45) is 4.88. The van der Waals surface area contributed by atoms with Crippen LogP contribution in [0.5, 0.6) is 0 Å². The molecule has 0 bridgehead atoms. The molecule has 112 valence electrons. The Bertz CT molecular complexity index is 690. The predicted octanol–water partition coefficient (Wildman–Crippen LogP) is 1.70. The van der Waals surface area contributed by atoms with Gasteiger partial charge in [0.1, 0.15) is 0 Å². The minimum absolute atomic E-state index is 0.256. The van der Waals surface area contributed by atoms with Crippen molar-refractivity contribution in [2.24, 2.45) is 7.05 Å². The van der Waals surface area contributed by atoms with Gasteiger partial charge in [-0.2, -0.15) is 0 Å². The minimum Gasteiger partial charge on any atom is -0.461 e. The number of hydrogen-bond acceptors (Lipinski definition) is 4. The molecule has 7 nitrogen and oxygen atoms in total. The number of aromatic nitrogens is 3. The Morgan fingerprint density at radius 2 is 2.19 bits per heavy atom. The molecule has 2 aromatic heterocycles. The van der Waals surface area contributed by atoms with Crippen LogP contribution in [-0.2, 0) is 11.8 Å². The first-order valence-corrected chi connectivity index (χ1v) is 7.36. The molecular formula is C13H15IN4O3. The van der Waals surface area contributed by atoms with Gasteiger partial charge in [-0.25, -0.2) is 9.78 Å². The molecule has 0 spiro atoms. The lowest BCUT2D eigenvalue weighted by Gasteiger charge is -2.10. The first-order chi connectivity index (χ1) is 9.95. The molecule has 0 saturated heterocycles. The maximum atomic E-state index is 12.2. The summed E-state index contributed by atoms with van der Waals surface area (Å²) in [6.45, 7) is 3.81. The zero-order chi connectivity index (χ0) is 15.6. The molecule has 1 amide bonds. The summed E-state index contributed by atoms with van der Waals surface area (Å²) in [7, 11) is 1.72. The van der Waals surface area contributed by atoms with E-state index >= 15 is 0 Å². The maximum absolute atomic E-state index is 12.2. The third-order valence-corrected chi connectivity index (χ3v) is 4.00. The SMILES string of the molecule is CCOC(=O)c1c(C)c(I)cn1NC(=O)c1nccn1C. The number of ether oxygens (including phenoxy) is 1. The molecule has 2 aromatic rings. The standard InChI is InChI=1S/C13H15IN4O3/c1-4-21-13(20)10-8(2)9(14)7-18(10)16-12(19)11-15-5-6-17(11)3/h5-7H,4H2,1-3H3,(H,16,19). The highest BCUT2D eigenvalue weighted by molar-refractivity contribution is 14.1. The quantitative estimate of drug-likeness (QED) is 0.624. The minimum atomic E-state index is -0.474. The van der Waals surface area contributed by atoms with Crippen molar-refractivity contribution in [2.45, 2.75) is 13.8 Å². The number of esters is 1. The smallest absolute Gasteiger partial charge is 0.357 e. The first-order valence-electron chi connectivity index (χ1n) is 6.29. The van der Waals surface area contributed by atoms with Crippen molar-refractivity contribution in [3.63, 3.8) is 0 Å². The Balaban J connectivity index is 2.32. The summed E-state index contributed by atoms with van der Waals surface area (Å²) in [5.41, 5.74) is 3.71. The summed E-state index contributed by atoms with van der Waals surface area (Å²) in [4.78, 5) is 28.2. The van der Waals surface area contributed by atoms with Gasteiger partial charge in [0.05, 0.1) is 6.61 Å². The van der Waals surface area contributed by atoms with Crippen LogP contribution in [0, 0.1) is 10.5 Å². The van der Waals surface area contributed by atoms with Gasteiger partial charge in [0.25, 0.3) is 0 Å². The number of hydrogen-bond donors (Lipinski definition) is 1. The fraction of sp³-hybridized carbons (Fsp3) is 0.308. The van der Waals surface area contributed by atoms with Gasteiger partial charge < -0.3 is 9.30 Å². The Kier molecular flexibility index (Phi) is 4.66. The lowest BCUT2D eigenvalue weighted by atomic mass is 10.3. The second-order valence-electron chi connectivity index (χ2n) is 4.34. The molecule has 0 atom stereocenters. The molecular weight excluding hydrogens is 387 g/mol. The molecule has 1 N–H and O–H groups in total. The zero-order valence-corrected chi connectivity index (χ0v) is 14.0. The summed E-state index contributed by atoms with van der Waals surface area (Å²) >= 11 is 2.10. The molecule has 0 unspecified atom stereocenters. The summed E-state index contributed by atoms with van der Waals surface area (Å²) < 4.78 is 8.86. The number of carbonyl (C=O) groups is 2. The molecule has 8 heteroatoms. The van der Waals surface area contributed by atoms with E-state index in [1.807, 2.05) is 0 Å².